The summed E-state index contributed by atoms with van der Waals surface area (Å²) in [5.41, 5.74) is -0.243. The number of nitrogens with one attached hydrogen (secondary N) is 1. The maximum absolute atomic E-state index is 13.1. The summed E-state index contributed by atoms with van der Waals surface area (Å²) in [6.07, 6.45) is 3.76. The number of carbonyl (C=O) groups excluding carboxylic acids is 3. The standard InChI is InChI=1S/C26H41NO7/c1-15-17(13-22(30)33-12-11-27-5)7-8-18-23(15)19(29)14-20-25(18,3)10-9-21(34-16(2)28)26(20,4)24(31)32-6/h13,15,18-21,23,27,29H,7-12,14H2,1-6H3. The lowest BCUT2D eigenvalue weighted by Gasteiger charge is -2.63. The Labute approximate surface area is 202 Å². The number of fused-ring (bicyclic) bond motifs is 3. The normalized spacial score (nSPS) is 40.6. The third-order valence-corrected chi connectivity index (χ3v) is 9.11. The molecule has 0 amide bonds. The highest BCUT2D eigenvalue weighted by atomic mass is 16.6. The molecule has 8 unspecified atom stereocenters. The number of hydrogen-bond acceptors (Lipinski definition) is 8. The molecule has 3 fully saturated rings. The van der Waals surface area contributed by atoms with Gasteiger partial charge >= 0.3 is 17.9 Å². The molecule has 8 heteroatoms. The molecule has 0 saturated heterocycles. The predicted octanol–water partition coefficient (Wildman–Crippen LogP) is 2.63. The molecule has 3 rings (SSSR count). The van der Waals surface area contributed by atoms with Gasteiger partial charge in [0, 0.05) is 19.5 Å². The zero-order valence-electron chi connectivity index (χ0n) is 21.4. The second kappa shape index (κ2) is 10.4. The molecular formula is C26H41NO7. The fourth-order valence-electron chi connectivity index (χ4n) is 7.42. The van der Waals surface area contributed by atoms with Gasteiger partial charge in [-0.15, -0.1) is 0 Å². The van der Waals surface area contributed by atoms with Crippen molar-refractivity contribution in [2.75, 3.05) is 27.3 Å². The van der Waals surface area contributed by atoms with Gasteiger partial charge in [-0.05, 0) is 75.2 Å². The number of carbonyl (C=O) groups is 3. The monoisotopic (exact) mass is 479 g/mol. The van der Waals surface area contributed by atoms with E-state index in [2.05, 4.69) is 19.2 Å². The Hall–Kier alpha value is -1.93. The topological polar surface area (TPSA) is 111 Å². The van der Waals surface area contributed by atoms with Crippen LogP contribution in [-0.2, 0) is 28.6 Å². The second-order valence-electron chi connectivity index (χ2n) is 10.8. The van der Waals surface area contributed by atoms with E-state index in [0.29, 0.717) is 26.0 Å². The number of hydrogen-bond donors (Lipinski definition) is 2. The molecule has 8 nitrogen and oxygen atoms in total. The van der Waals surface area contributed by atoms with Crippen LogP contribution in [0.15, 0.2) is 11.6 Å². The molecule has 0 aliphatic heterocycles. The van der Waals surface area contributed by atoms with Crippen LogP contribution >= 0.6 is 0 Å². The van der Waals surface area contributed by atoms with Gasteiger partial charge in [0.15, 0.2) is 0 Å². The molecular weight excluding hydrogens is 438 g/mol. The van der Waals surface area contributed by atoms with Gasteiger partial charge in [0.25, 0.3) is 0 Å². The average Bonchev–Trinajstić information content (AvgIpc) is 2.78. The van der Waals surface area contributed by atoms with E-state index in [1.807, 2.05) is 6.92 Å². The molecule has 0 aromatic carbocycles. The van der Waals surface area contributed by atoms with Crippen molar-refractivity contribution in [1.29, 1.82) is 0 Å². The molecule has 0 bridgehead atoms. The van der Waals surface area contributed by atoms with E-state index < -0.39 is 29.6 Å². The fraction of sp³-hybridized carbons (Fsp3) is 0.808. The number of aliphatic hydroxyl groups excluding tert-OH is 1. The number of ether oxygens (including phenoxy) is 3. The first-order valence-corrected chi connectivity index (χ1v) is 12.5. The van der Waals surface area contributed by atoms with Crippen molar-refractivity contribution >= 4 is 17.9 Å². The van der Waals surface area contributed by atoms with Crippen molar-refractivity contribution in [3.63, 3.8) is 0 Å². The first-order valence-electron chi connectivity index (χ1n) is 12.5. The van der Waals surface area contributed by atoms with Crippen LogP contribution in [0.3, 0.4) is 0 Å². The lowest BCUT2D eigenvalue weighted by Crippen LogP contribution is -2.64. The highest BCUT2D eigenvalue weighted by Crippen LogP contribution is 2.65. The van der Waals surface area contributed by atoms with Crippen molar-refractivity contribution in [2.45, 2.75) is 72.0 Å². The summed E-state index contributed by atoms with van der Waals surface area (Å²) in [5.74, 6) is -1.15. The van der Waals surface area contributed by atoms with E-state index in [-0.39, 0.29) is 35.1 Å². The number of methoxy groups -OCH3 is 1. The minimum atomic E-state index is -1.03. The van der Waals surface area contributed by atoms with Crippen molar-refractivity contribution in [2.24, 2.45) is 34.5 Å². The molecule has 192 valence electrons. The summed E-state index contributed by atoms with van der Waals surface area (Å²) in [7, 11) is 3.17. The Bertz CT molecular complexity index is 826. The minimum Gasteiger partial charge on any atom is -0.468 e. The summed E-state index contributed by atoms with van der Waals surface area (Å²) < 4.78 is 16.1. The summed E-state index contributed by atoms with van der Waals surface area (Å²) in [4.78, 5) is 37.3. The number of esters is 3. The van der Waals surface area contributed by atoms with Crippen LogP contribution in [0.5, 0.6) is 0 Å². The molecule has 8 atom stereocenters. The molecule has 3 aliphatic rings. The summed E-state index contributed by atoms with van der Waals surface area (Å²) in [6.45, 7) is 8.41. The molecule has 0 radical (unpaired) electrons. The smallest absolute Gasteiger partial charge is 0.330 e. The maximum Gasteiger partial charge on any atom is 0.330 e. The fourth-order valence-corrected chi connectivity index (χ4v) is 7.42. The molecule has 0 aromatic heterocycles. The van der Waals surface area contributed by atoms with E-state index in [1.54, 1.807) is 13.1 Å². The molecule has 0 heterocycles. The highest BCUT2D eigenvalue weighted by Gasteiger charge is 2.66. The van der Waals surface area contributed by atoms with Gasteiger partial charge in [0.1, 0.15) is 18.1 Å². The third kappa shape index (κ3) is 4.63. The van der Waals surface area contributed by atoms with Crippen molar-refractivity contribution in [3.05, 3.63) is 11.6 Å². The van der Waals surface area contributed by atoms with E-state index in [1.165, 1.54) is 14.0 Å². The molecule has 3 aliphatic carbocycles. The number of rotatable bonds is 6. The van der Waals surface area contributed by atoms with Crippen LogP contribution in [0.1, 0.15) is 59.8 Å². The molecule has 2 N–H and O–H groups in total. The van der Waals surface area contributed by atoms with Gasteiger partial charge in [-0.3, -0.25) is 9.59 Å². The van der Waals surface area contributed by atoms with Crippen LogP contribution < -0.4 is 5.32 Å². The predicted molar refractivity (Wildman–Crippen MR) is 125 cm³/mol. The quantitative estimate of drug-likeness (QED) is 0.259. The van der Waals surface area contributed by atoms with Gasteiger partial charge in [-0.25, -0.2) is 4.79 Å². The van der Waals surface area contributed by atoms with Crippen LogP contribution in [0.25, 0.3) is 0 Å². The Morgan fingerprint density at radius 1 is 1.24 bits per heavy atom. The van der Waals surface area contributed by atoms with Gasteiger partial charge in [-0.2, -0.15) is 0 Å². The molecule has 34 heavy (non-hydrogen) atoms. The Morgan fingerprint density at radius 3 is 2.56 bits per heavy atom. The van der Waals surface area contributed by atoms with E-state index in [0.717, 1.165) is 24.8 Å². The zero-order valence-corrected chi connectivity index (χ0v) is 21.4. The minimum absolute atomic E-state index is 0.0152. The largest absolute Gasteiger partial charge is 0.468 e. The Morgan fingerprint density at radius 2 is 1.94 bits per heavy atom. The van der Waals surface area contributed by atoms with Crippen molar-refractivity contribution in [3.8, 4) is 0 Å². The lowest BCUT2D eigenvalue weighted by molar-refractivity contribution is -0.218. The SMILES string of the molecule is CNCCOC(=O)C=C1CCC2C(C(O)CC3C2(C)CCC(OC(C)=O)C3(C)C(=O)OC)C1C. The molecule has 3 saturated carbocycles. The number of likely N-dealkylation sites (N-methyl/N-ethyl adjacent to an activating group) is 1. The molecule has 0 aromatic rings. The van der Waals surface area contributed by atoms with E-state index in [4.69, 9.17) is 14.2 Å². The van der Waals surface area contributed by atoms with E-state index in [9.17, 15) is 19.5 Å². The van der Waals surface area contributed by atoms with Gasteiger partial charge in [0.05, 0.1) is 13.2 Å². The second-order valence-corrected chi connectivity index (χ2v) is 10.8. The maximum atomic E-state index is 13.1. The van der Waals surface area contributed by atoms with Gasteiger partial charge in [0.2, 0.25) is 0 Å². The van der Waals surface area contributed by atoms with Crippen LogP contribution in [0.2, 0.25) is 0 Å². The first kappa shape index (κ1) is 26.7. The Kier molecular flexibility index (Phi) is 8.13. The summed E-state index contributed by atoms with van der Waals surface area (Å²) in [6, 6.07) is 0. The number of aliphatic hydroxyl groups is 1. The Balaban J connectivity index is 1.89. The van der Waals surface area contributed by atoms with Gasteiger partial charge in [-0.1, -0.05) is 19.4 Å². The van der Waals surface area contributed by atoms with Crippen molar-refractivity contribution in [1.82, 2.24) is 5.32 Å². The first-order chi connectivity index (χ1) is 16.0. The summed E-state index contributed by atoms with van der Waals surface area (Å²) >= 11 is 0. The van der Waals surface area contributed by atoms with Crippen LogP contribution in [-0.4, -0.2) is 62.5 Å². The average molecular weight is 480 g/mol. The van der Waals surface area contributed by atoms with Crippen molar-refractivity contribution < 1.29 is 33.7 Å². The van der Waals surface area contributed by atoms with Gasteiger partial charge < -0.3 is 24.6 Å². The van der Waals surface area contributed by atoms with Crippen LogP contribution in [0.4, 0.5) is 0 Å². The lowest BCUT2D eigenvalue weighted by atomic mass is 9.42. The highest BCUT2D eigenvalue weighted by molar-refractivity contribution is 5.83. The number of allylic oxidation sites excluding steroid dienone is 1. The van der Waals surface area contributed by atoms with E-state index >= 15 is 0 Å². The van der Waals surface area contributed by atoms with Crippen LogP contribution in [0, 0.1) is 34.5 Å². The summed E-state index contributed by atoms with van der Waals surface area (Å²) in [5, 5.41) is 14.3. The molecule has 0 spiro atoms. The zero-order chi connectivity index (χ0) is 25.3. The third-order valence-electron chi connectivity index (χ3n) is 9.11.